The summed E-state index contributed by atoms with van der Waals surface area (Å²) >= 11 is 0. The topological polar surface area (TPSA) is 79.2 Å². The predicted molar refractivity (Wildman–Crippen MR) is 80.7 cm³/mol. The molecule has 0 fully saturated rings. The molecule has 6 nitrogen and oxygen atoms in total. The number of anilines is 1. The molecule has 23 heavy (non-hydrogen) atoms. The first-order chi connectivity index (χ1) is 11.0. The highest BCUT2D eigenvalue weighted by Crippen LogP contribution is 2.22. The van der Waals surface area contributed by atoms with Gasteiger partial charge in [0.1, 0.15) is 18.2 Å². The molecule has 1 heterocycles. The molecule has 1 unspecified atom stereocenters. The van der Waals surface area contributed by atoms with Gasteiger partial charge in [-0.1, -0.05) is 6.07 Å². The predicted octanol–water partition coefficient (Wildman–Crippen LogP) is 1.44. The normalized spacial score (nSPS) is 12.0. The fourth-order valence-electron chi connectivity index (χ4n) is 2.10. The number of hydrogen-bond donors (Lipinski definition) is 3. The summed E-state index contributed by atoms with van der Waals surface area (Å²) in [5.74, 6) is -1.52. The van der Waals surface area contributed by atoms with Crippen molar-refractivity contribution in [1.82, 2.24) is 15.1 Å². The zero-order valence-corrected chi connectivity index (χ0v) is 12.6. The molecule has 1 aromatic heterocycles. The summed E-state index contributed by atoms with van der Waals surface area (Å²) in [6.07, 6.45) is 3.12. The molecule has 0 aliphatic rings. The number of aliphatic hydroxyl groups is 1. The van der Waals surface area contributed by atoms with Crippen LogP contribution in [0.15, 0.2) is 30.6 Å². The molecule has 2 rings (SSSR count). The fraction of sp³-hybridized carbons (Fsp3) is 0.333. The van der Waals surface area contributed by atoms with Crippen LogP contribution < -0.4 is 10.6 Å². The second-order valence-corrected chi connectivity index (χ2v) is 5.03. The van der Waals surface area contributed by atoms with E-state index in [4.69, 9.17) is 5.11 Å². The average Bonchev–Trinajstić information content (AvgIpc) is 2.91. The lowest BCUT2D eigenvalue weighted by Gasteiger charge is -2.14. The van der Waals surface area contributed by atoms with E-state index in [-0.39, 0.29) is 25.6 Å². The standard InChI is InChI=1S/C15H18F2N4O2/c1-10(13-3-2-11(16)6-14(13)17)20-12-7-19-21(8-12)9-15(23)18-4-5-22/h2-3,6-8,10,20,22H,4-5,9H2,1H3,(H,18,23). The third-order valence-electron chi connectivity index (χ3n) is 3.18. The number of carbonyl (C=O) groups excluding carboxylic acids is 1. The highest BCUT2D eigenvalue weighted by atomic mass is 19.1. The quantitative estimate of drug-likeness (QED) is 0.720. The van der Waals surface area contributed by atoms with Crippen LogP contribution in [-0.4, -0.2) is 33.9 Å². The maximum absolute atomic E-state index is 13.7. The van der Waals surface area contributed by atoms with Crippen molar-refractivity contribution < 1.29 is 18.7 Å². The molecule has 1 atom stereocenters. The van der Waals surface area contributed by atoms with E-state index < -0.39 is 17.7 Å². The number of aliphatic hydroxyl groups excluding tert-OH is 1. The van der Waals surface area contributed by atoms with Crippen LogP contribution in [-0.2, 0) is 11.3 Å². The Bertz CT molecular complexity index is 675. The Kier molecular flexibility index (Phi) is 5.64. The molecule has 1 aromatic carbocycles. The molecular weight excluding hydrogens is 306 g/mol. The van der Waals surface area contributed by atoms with E-state index in [1.165, 1.54) is 23.0 Å². The van der Waals surface area contributed by atoms with Crippen LogP contribution in [0.2, 0.25) is 0 Å². The Morgan fingerprint density at radius 1 is 1.43 bits per heavy atom. The van der Waals surface area contributed by atoms with Gasteiger partial charge in [-0.25, -0.2) is 8.78 Å². The SMILES string of the molecule is CC(Nc1cnn(CC(=O)NCCO)c1)c1ccc(F)cc1F. The minimum absolute atomic E-state index is 0.0149. The zero-order valence-electron chi connectivity index (χ0n) is 12.6. The van der Waals surface area contributed by atoms with Crippen molar-refractivity contribution in [2.24, 2.45) is 0 Å². The maximum atomic E-state index is 13.7. The molecule has 0 bridgehead atoms. The Balaban J connectivity index is 1.97. The highest BCUT2D eigenvalue weighted by molar-refractivity contribution is 5.75. The van der Waals surface area contributed by atoms with Gasteiger partial charge in [-0.3, -0.25) is 9.48 Å². The van der Waals surface area contributed by atoms with Crippen LogP contribution in [0.4, 0.5) is 14.5 Å². The van der Waals surface area contributed by atoms with E-state index in [2.05, 4.69) is 15.7 Å². The molecule has 0 radical (unpaired) electrons. The van der Waals surface area contributed by atoms with E-state index in [0.717, 1.165) is 6.07 Å². The molecule has 0 spiro atoms. The van der Waals surface area contributed by atoms with Crippen LogP contribution in [0.5, 0.6) is 0 Å². The number of aromatic nitrogens is 2. The van der Waals surface area contributed by atoms with Crippen molar-refractivity contribution in [1.29, 1.82) is 0 Å². The lowest BCUT2D eigenvalue weighted by Crippen LogP contribution is -2.30. The third-order valence-corrected chi connectivity index (χ3v) is 3.18. The van der Waals surface area contributed by atoms with Gasteiger partial charge < -0.3 is 15.7 Å². The summed E-state index contributed by atoms with van der Waals surface area (Å²) in [6.45, 7) is 1.81. The molecule has 0 saturated carbocycles. The van der Waals surface area contributed by atoms with Crippen LogP contribution >= 0.6 is 0 Å². The van der Waals surface area contributed by atoms with Crippen molar-refractivity contribution >= 4 is 11.6 Å². The van der Waals surface area contributed by atoms with Gasteiger partial charge >= 0.3 is 0 Å². The number of nitrogens with one attached hydrogen (secondary N) is 2. The highest BCUT2D eigenvalue weighted by Gasteiger charge is 2.13. The number of nitrogens with zero attached hydrogens (tertiary/aromatic N) is 2. The number of rotatable bonds is 7. The molecule has 0 saturated heterocycles. The van der Waals surface area contributed by atoms with Crippen LogP contribution in [0.1, 0.15) is 18.5 Å². The van der Waals surface area contributed by atoms with Crippen molar-refractivity contribution in [3.63, 3.8) is 0 Å². The smallest absolute Gasteiger partial charge is 0.241 e. The monoisotopic (exact) mass is 324 g/mol. The van der Waals surface area contributed by atoms with Gasteiger partial charge in [0, 0.05) is 24.4 Å². The summed E-state index contributed by atoms with van der Waals surface area (Å²) in [5.41, 5.74) is 0.941. The lowest BCUT2D eigenvalue weighted by molar-refractivity contribution is -0.122. The second-order valence-electron chi connectivity index (χ2n) is 5.03. The minimum atomic E-state index is -0.625. The molecule has 124 valence electrons. The van der Waals surface area contributed by atoms with Crippen molar-refractivity contribution in [3.05, 3.63) is 47.8 Å². The van der Waals surface area contributed by atoms with Crippen molar-refractivity contribution in [2.45, 2.75) is 19.5 Å². The zero-order chi connectivity index (χ0) is 16.8. The van der Waals surface area contributed by atoms with Gasteiger partial charge in [0.15, 0.2) is 0 Å². The number of hydrogen-bond acceptors (Lipinski definition) is 4. The van der Waals surface area contributed by atoms with Crippen LogP contribution in [0.25, 0.3) is 0 Å². The van der Waals surface area contributed by atoms with E-state index in [9.17, 15) is 13.6 Å². The van der Waals surface area contributed by atoms with E-state index in [1.54, 1.807) is 13.1 Å². The van der Waals surface area contributed by atoms with Crippen molar-refractivity contribution in [3.8, 4) is 0 Å². The van der Waals surface area contributed by atoms with E-state index in [0.29, 0.717) is 11.3 Å². The van der Waals surface area contributed by atoms with Crippen molar-refractivity contribution in [2.75, 3.05) is 18.5 Å². The largest absolute Gasteiger partial charge is 0.395 e. The van der Waals surface area contributed by atoms with Gasteiger partial charge in [-0.05, 0) is 13.0 Å². The first-order valence-electron chi connectivity index (χ1n) is 7.11. The summed E-state index contributed by atoms with van der Waals surface area (Å²) in [4.78, 5) is 11.5. The first-order valence-corrected chi connectivity index (χ1v) is 7.11. The molecule has 0 aliphatic heterocycles. The van der Waals surface area contributed by atoms with Gasteiger partial charge in [0.05, 0.1) is 24.5 Å². The van der Waals surface area contributed by atoms with Gasteiger partial charge in [-0.2, -0.15) is 5.10 Å². The van der Waals surface area contributed by atoms with E-state index >= 15 is 0 Å². The summed E-state index contributed by atoms with van der Waals surface area (Å²) in [6, 6.07) is 3.03. The summed E-state index contributed by atoms with van der Waals surface area (Å²) < 4.78 is 28.1. The number of amides is 1. The Morgan fingerprint density at radius 3 is 2.91 bits per heavy atom. The molecular formula is C15H18F2N4O2. The number of benzene rings is 1. The van der Waals surface area contributed by atoms with Gasteiger partial charge in [-0.15, -0.1) is 0 Å². The van der Waals surface area contributed by atoms with Crippen LogP contribution in [0, 0.1) is 11.6 Å². The first kappa shape index (κ1) is 16.9. The molecule has 3 N–H and O–H groups in total. The molecule has 1 amide bonds. The minimum Gasteiger partial charge on any atom is -0.395 e. The van der Waals surface area contributed by atoms with E-state index in [1.807, 2.05) is 0 Å². The average molecular weight is 324 g/mol. The Labute approximate surface area is 132 Å². The maximum Gasteiger partial charge on any atom is 0.241 e. The van der Waals surface area contributed by atoms with Crippen LogP contribution in [0.3, 0.4) is 0 Å². The lowest BCUT2D eigenvalue weighted by atomic mass is 10.1. The second kappa shape index (κ2) is 7.68. The summed E-state index contributed by atoms with van der Waals surface area (Å²) in [7, 11) is 0. The number of halogens is 2. The van der Waals surface area contributed by atoms with Gasteiger partial charge in [0.2, 0.25) is 5.91 Å². The third kappa shape index (κ3) is 4.75. The Morgan fingerprint density at radius 2 is 2.22 bits per heavy atom. The summed E-state index contributed by atoms with van der Waals surface area (Å²) in [5, 5.41) is 18.2. The molecule has 0 aliphatic carbocycles. The Hall–Kier alpha value is -2.48. The van der Waals surface area contributed by atoms with Gasteiger partial charge in [0.25, 0.3) is 0 Å². The molecule has 8 heteroatoms. The molecule has 2 aromatic rings. The fourth-order valence-corrected chi connectivity index (χ4v) is 2.10. The number of carbonyl (C=O) groups is 1.